The minimum atomic E-state index is -0.514. The van der Waals surface area contributed by atoms with Gasteiger partial charge >= 0.3 is 5.97 Å². The van der Waals surface area contributed by atoms with Gasteiger partial charge in [0.1, 0.15) is 6.04 Å². The van der Waals surface area contributed by atoms with Crippen LogP contribution in [0.5, 0.6) is 11.5 Å². The molecule has 0 bridgehead atoms. The number of methoxy groups -OCH3 is 2. The van der Waals surface area contributed by atoms with Crippen molar-refractivity contribution in [2.45, 2.75) is 39.3 Å². The summed E-state index contributed by atoms with van der Waals surface area (Å²) in [4.78, 5) is 12.2. The van der Waals surface area contributed by atoms with E-state index in [1.807, 2.05) is 13.0 Å². The Hall–Kier alpha value is -1.75. The van der Waals surface area contributed by atoms with Crippen molar-refractivity contribution in [3.63, 3.8) is 0 Å². The molecule has 118 valence electrons. The van der Waals surface area contributed by atoms with E-state index in [1.54, 1.807) is 33.3 Å². The number of carbonyl (C=O) groups is 1. The van der Waals surface area contributed by atoms with E-state index in [2.05, 4.69) is 12.2 Å². The number of ether oxygens (including phenoxy) is 3. The van der Waals surface area contributed by atoms with Crippen LogP contribution in [-0.4, -0.2) is 32.8 Å². The van der Waals surface area contributed by atoms with Crippen LogP contribution in [0.3, 0.4) is 0 Å². The number of hydrogen-bond acceptors (Lipinski definition) is 5. The normalized spacial score (nSPS) is 13.4. The van der Waals surface area contributed by atoms with E-state index in [1.165, 1.54) is 0 Å². The molecule has 0 aromatic heterocycles. The highest BCUT2D eigenvalue weighted by molar-refractivity contribution is 5.78. The Morgan fingerprint density at radius 3 is 2.38 bits per heavy atom. The maximum Gasteiger partial charge on any atom is 0.327 e. The first kappa shape index (κ1) is 17.3. The fourth-order valence-electron chi connectivity index (χ4n) is 1.96. The van der Waals surface area contributed by atoms with Crippen molar-refractivity contribution < 1.29 is 19.0 Å². The fourth-order valence-corrected chi connectivity index (χ4v) is 1.96. The molecular weight excluding hydrogens is 270 g/mol. The van der Waals surface area contributed by atoms with Gasteiger partial charge in [0, 0.05) is 6.04 Å². The molecule has 0 aliphatic rings. The molecule has 0 fully saturated rings. The topological polar surface area (TPSA) is 56.8 Å². The smallest absolute Gasteiger partial charge is 0.327 e. The first-order valence-corrected chi connectivity index (χ1v) is 7.21. The molecule has 0 aliphatic carbocycles. The quantitative estimate of drug-likeness (QED) is 0.747. The molecule has 0 spiro atoms. The number of esters is 1. The Morgan fingerprint density at radius 1 is 1.19 bits per heavy atom. The number of benzene rings is 1. The van der Waals surface area contributed by atoms with Gasteiger partial charge in [-0.1, -0.05) is 13.0 Å². The number of nitrogens with one attached hydrogen (secondary N) is 1. The summed E-state index contributed by atoms with van der Waals surface area (Å²) in [6.45, 7) is 6.25. The van der Waals surface area contributed by atoms with Gasteiger partial charge in [0.2, 0.25) is 0 Å². The van der Waals surface area contributed by atoms with Gasteiger partial charge in [0.15, 0.2) is 11.5 Å². The predicted octanol–water partition coefficient (Wildman–Crippen LogP) is 2.70. The molecule has 0 radical (unpaired) electrons. The van der Waals surface area contributed by atoms with Gasteiger partial charge in [-0.3, -0.25) is 5.32 Å². The highest BCUT2D eigenvalue weighted by atomic mass is 16.5. The van der Waals surface area contributed by atoms with Crippen molar-refractivity contribution in [1.29, 1.82) is 0 Å². The average Bonchev–Trinajstić information content (AvgIpc) is 2.51. The van der Waals surface area contributed by atoms with Gasteiger partial charge in [-0.05, 0) is 38.0 Å². The van der Waals surface area contributed by atoms with Crippen molar-refractivity contribution in [3.8, 4) is 11.5 Å². The summed E-state index contributed by atoms with van der Waals surface area (Å²) in [5.74, 6) is 0.938. The molecule has 2 unspecified atom stereocenters. The summed E-state index contributed by atoms with van der Waals surface area (Å²) in [7, 11) is 3.15. The highest BCUT2D eigenvalue weighted by Crippen LogP contribution is 2.30. The van der Waals surface area contributed by atoms with Gasteiger partial charge in [-0.2, -0.15) is 0 Å². The molecule has 1 rings (SSSR count). The zero-order valence-corrected chi connectivity index (χ0v) is 13.4. The Balaban J connectivity index is 3.09. The van der Waals surface area contributed by atoms with Gasteiger partial charge in [0.05, 0.1) is 20.8 Å². The molecule has 0 aliphatic heterocycles. The fraction of sp³-hybridized carbons (Fsp3) is 0.562. The lowest BCUT2D eigenvalue weighted by Crippen LogP contribution is -2.36. The lowest BCUT2D eigenvalue weighted by Gasteiger charge is -2.22. The molecule has 5 heteroatoms. The van der Waals surface area contributed by atoms with Crippen LogP contribution in [0.15, 0.2) is 18.2 Å². The van der Waals surface area contributed by atoms with Crippen molar-refractivity contribution in [2.24, 2.45) is 0 Å². The maximum absolute atomic E-state index is 12.2. The molecular formula is C16H25NO4. The van der Waals surface area contributed by atoms with Crippen LogP contribution in [-0.2, 0) is 9.53 Å². The third-order valence-corrected chi connectivity index (χ3v) is 3.33. The molecule has 21 heavy (non-hydrogen) atoms. The second-order valence-corrected chi connectivity index (χ2v) is 4.78. The van der Waals surface area contributed by atoms with Crippen molar-refractivity contribution in [1.82, 2.24) is 5.32 Å². The minimum absolute atomic E-state index is 0.201. The van der Waals surface area contributed by atoms with Gasteiger partial charge in [-0.15, -0.1) is 0 Å². The van der Waals surface area contributed by atoms with Crippen molar-refractivity contribution in [2.75, 3.05) is 20.8 Å². The van der Waals surface area contributed by atoms with Gasteiger partial charge in [0.25, 0.3) is 0 Å². The van der Waals surface area contributed by atoms with E-state index in [4.69, 9.17) is 14.2 Å². The molecule has 1 aromatic rings. The minimum Gasteiger partial charge on any atom is -0.493 e. The number of rotatable bonds is 8. The third kappa shape index (κ3) is 4.63. The zero-order valence-electron chi connectivity index (χ0n) is 13.4. The van der Waals surface area contributed by atoms with E-state index >= 15 is 0 Å². The molecule has 0 saturated carbocycles. The monoisotopic (exact) mass is 295 g/mol. The zero-order chi connectivity index (χ0) is 15.8. The summed E-state index contributed by atoms with van der Waals surface area (Å²) < 4.78 is 15.7. The largest absolute Gasteiger partial charge is 0.493 e. The lowest BCUT2D eigenvalue weighted by molar-refractivity contribution is -0.146. The van der Waals surface area contributed by atoms with Crippen LogP contribution >= 0.6 is 0 Å². The summed E-state index contributed by atoms with van der Waals surface area (Å²) in [6, 6.07) is 5.12. The van der Waals surface area contributed by atoms with Crippen LogP contribution in [0, 0.1) is 0 Å². The van der Waals surface area contributed by atoms with E-state index in [-0.39, 0.29) is 12.0 Å². The molecule has 2 atom stereocenters. The third-order valence-electron chi connectivity index (χ3n) is 3.33. The Bertz CT molecular complexity index is 462. The summed E-state index contributed by atoms with van der Waals surface area (Å²) in [5.41, 5.74) is 0.798. The maximum atomic E-state index is 12.2. The van der Waals surface area contributed by atoms with Crippen LogP contribution in [0.25, 0.3) is 0 Å². The van der Waals surface area contributed by atoms with Crippen LogP contribution < -0.4 is 14.8 Å². The summed E-state index contributed by atoms with van der Waals surface area (Å²) in [6.07, 6.45) is 0.920. The van der Waals surface area contributed by atoms with Crippen LogP contribution in [0.1, 0.15) is 38.8 Å². The number of hydrogen-bond donors (Lipinski definition) is 1. The van der Waals surface area contributed by atoms with E-state index in [0.717, 1.165) is 12.0 Å². The van der Waals surface area contributed by atoms with Gasteiger partial charge in [-0.25, -0.2) is 4.79 Å². The van der Waals surface area contributed by atoms with E-state index in [0.29, 0.717) is 18.1 Å². The lowest BCUT2D eigenvalue weighted by atomic mass is 10.0. The Kier molecular flexibility index (Phi) is 7.02. The molecule has 0 saturated heterocycles. The van der Waals surface area contributed by atoms with Crippen molar-refractivity contribution >= 4 is 5.97 Å². The Morgan fingerprint density at radius 2 is 1.86 bits per heavy atom. The molecule has 0 heterocycles. The van der Waals surface area contributed by atoms with Crippen LogP contribution in [0.4, 0.5) is 0 Å². The second-order valence-electron chi connectivity index (χ2n) is 4.78. The number of carbonyl (C=O) groups excluding carboxylic acids is 1. The Labute approximate surface area is 126 Å². The molecule has 1 aromatic carbocycles. The summed E-state index contributed by atoms with van der Waals surface area (Å²) in [5, 5.41) is 3.29. The first-order chi connectivity index (χ1) is 10.1. The van der Waals surface area contributed by atoms with E-state index in [9.17, 15) is 4.79 Å². The van der Waals surface area contributed by atoms with Gasteiger partial charge < -0.3 is 14.2 Å². The van der Waals surface area contributed by atoms with Crippen LogP contribution in [0.2, 0.25) is 0 Å². The highest BCUT2D eigenvalue weighted by Gasteiger charge is 2.24. The SMILES string of the molecule is CCOC(=O)C(NC(C)CC)c1ccc(OC)c(OC)c1. The standard InChI is InChI=1S/C16H25NO4/c1-6-11(3)17-15(16(18)21-7-2)12-8-9-13(19-4)14(10-12)20-5/h8-11,15,17H,6-7H2,1-5H3. The predicted molar refractivity (Wildman–Crippen MR) is 81.8 cm³/mol. The molecule has 0 amide bonds. The summed E-state index contributed by atoms with van der Waals surface area (Å²) >= 11 is 0. The molecule has 5 nitrogen and oxygen atoms in total. The van der Waals surface area contributed by atoms with Crippen molar-refractivity contribution in [3.05, 3.63) is 23.8 Å². The molecule has 1 N–H and O–H groups in total. The first-order valence-electron chi connectivity index (χ1n) is 7.21. The average molecular weight is 295 g/mol. The second kappa shape index (κ2) is 8.52. The van der Waals surface area contributed by atoms with E-state index < -0.39 is 6.04 Å².